The normalized spacial score (nSPS) is 16.0. The molecule has 0 atom stereocenters. The minimum Gasteiger partial charge on any atom is -0.496 e. The molecule has 96 valence electrons. The highest BCUT2D eigenvalue weighted by atomic mass is 79.9. The van der Waals surface area contributed by atoms with Crippen molar-refractivity contribution in [1.82, 2.24) is 4.90 Å². The van der Waals surface area contributed by atoms with Gasteiger partial charge in [0, 0.05) is 12.8 Å². The SMILES string of the molecule is COc1ccc(CN2C(=O)CCCC2=O)cc1Br. The Bertz CT molecular complexity index is 471. The van der Waals surface area contributed by atoms with E-state index in [0.717, 1.165) is 15.8 Å². The van der Waals surface area contributed by atoms with Gasteiger partial charge in [-0.2, -0.15) is 0 Å². The predicted molar refractivity (Wildman–Crippen MR) is 70.1 cm³/mol. The van der Waals surface area contributed by atoms with Gasteiger partial charge in [0.2, 0.25) is 11.8 Å². The molecule has 1 fully saturated rings. The van der Waals surface area contributed by atoms with Crippen molar-refractivity contribution in [1.29, 1.82) is 0 Å². The lowest BCUT2D eigenvalue weighted by Crippen LogP contribution is -2.39. The van der Waals surface area contributed by atoms with Gasteiger partial charge >= 0.3 is 0 Å². The molecule has 0 unspecified atom stereocenters. The second-order valence-corrected chi connectivity index (χ2v) is 5.05. The maximum absolute atomic E-state index is 11.7. The van der Waals surface area contributed by atoms with Crippen molar-refractivity contribution in [3.05, 3.63) is 28.2 Å². The Hall–Kier alpha value is -1.36. The summed E-state index contributed by atoms with van der Waals surface area (Å²) in [6.07, 6.45) is 1.59. The van der Waals surface area contributed by atoms with Crippen LogP contribution in [-0.2, 0) is 16.1 Å². The Morgan fingerprint density at radius 3 is 2.50 bits per heavy atom. The van der Waals surface area contributed by atoms with E-state index in [1.54, 1.807) is 7.11 Å². The number of methoxy groups -OCH3 is 1. The van der Waals surface area contributed by atoms with Crippen molar-refractivity contribution in [3.63, 3.8) is 0 Å². The molecule has 4 nitrogen and oxygen atoms in total. The molecule has 1 saturated heterocycles. The summed E-state index contributed by atoms with van der Waals surface area (Å²) >= 11 is 3.39. The van der Waals surface area contributed by atoms with Crippen LogP contribution in [0.4, 0.5) is 0 Å². The molecule has 1 heterocycles. The molecule has 1 aliphatic heterocycles. The highest BCUT2D eigenvalue weighted by molar-refractivity contribution is 9.10. The molecule has 1 aliphatic rings. The van der Waals surface area contributed by atoms with Crippen LogP contribution in [0.2, 0.25) is 0 Å². The third kappa shape index (κ3) is 2.72. The summed E-state index contributed by atoms with van der Waals surface area (Å²) < 4.78 is 5.96. The Labute approximate surface area is 114 Å². The van der Waals surface area contributed by atoms with Gasteiger partial charge < -0.3 is 4.74 Å². The first-order chi connectivity index (χ1) is 8.61. The molecule has 5 heteroatoms. The standard InChI is InChI=1S/C13H14BrNO3/c1-18-11-6-5-9(7-10(11)14)8-15-12(16)3-2-4-13(15)17/h5-7H,2-4,8H2,1H3. The van der Waals surface area contributed by atoms with Crippen molar-refractivity contribution in [3.8, 4) is 5.75 Å². The van der Waals surface area contributed by atoms with Gasteiger partial charge in [-0.25, -0.2) is 0 Å². The molecular formula is C13H14BrNO3. The van der Waals surface area contributed by atoms with E-state index < -0.39 is 0 Å². The Morgan fingerprint density at radius 2 is 1.94 bits per heavy atom. The fourth-order valence-electron chi connectivity index (χ4n) is 1.97. The van der Waals surface area contributed by atoms with E-state index in [1.165, 1.54) is 4.90 Å². The first-order valence-electron chi connectivity index (χ1n) is 5.77. The lowest BCUT2D eigenvalue weighted by atomic mass is 10.1. The molecule has 1 aromatic carbocycles. The number of carbonyl (C=O) groups excluding carboxylic acids is 2. The van der Waals surface area contributed by atoms with E-state index in [0.29, 0.717) is 25.8 Å². The number of hydrogen-bond donors (Lipinski definition) is 0. The lowest BCUT2D eigenvalue weighted by molar-refractivity contribution is -0.148. The predicted octanol–water partition coefficient (Wildman–Crippen LogP) is 2.50. The molecule has 18 heavy (non-hydrogen) atoms. The summed E-state index contributed by atoms with van der Waals surface area (Å²) in [5, 5.41) is 0. The molecule has 1 aromatic rings. The zero-order valence-corrected chi connectivity index (χ0v) is 11.7. The van der Waals surface area contributed by atoms with Gasteiger partial charge in [-0.05, 0) is 40.0 Å². The van der Waals surface area contributed by atoms with Crippen molar-refractivity contribution in [2.45, 2.75) is 25.8 Å². The van der Waals surface area contributed by atoms with Gasteiger partial charge in [0.15, 0.2) is 0 Å². The average Bonchev–Trinajstić information content (AvgIpc) is 2.34. The number of hydrogen-bond acceptors (Lipinski definition) is 3. The van der Waals surface area contributed by atoms with Gasteiger partial charge in [-0.1, -0.05) is 6.07 Å². The zero-order chi connectivity index (χ0) is 13.1. The number of rotatable bonds is 3. The first-order valence-corrected chi connectivity index (χ1v) is 6.56. The highest BCUT2D eigenvalue weighted by Gasteiger charge is 2.25. The smallest absolute Gasteiger partial charge is 0.229 e. The van der Waals surface area contributed by atoms with Crippen molar-refractivity contribution in [2.24, 2.45) is 0 Å². The maximum Gasteiger partial charge on any atom is 0.229 e. The van der Waals surface area contributed by atoms with Crippen molar-refractivity contribution < 1.29 is 14.3 Å². The van der Waals surface area contributed by atoms with Gasteiger partial charge in [0.1, 0.15) is 5.75 Å². The summed E-state index contributed by atoms with van der Waals surface area (Å²) in [7, 11) is 1.59. The number of amides is 2. The number of ether oxygens (including phenoxy) is 1. The number of halogens is 1. The molecule has 0 saturated carbocycles. The Balaban J connectivity index is 2.15. The third-order valence-electron chi connectivity index (χ3n) is 2.94. The van der Waals surface area contributed by atoms with Crippen molar-refractivity contribution >= 4 is 27.7 Å². The second kappa shape index (κ2) is 5.52. The van der Waals surface area contributed by atoms with Crippen LogP contribution in [0.15, 0.2) is 22.7 Å². The van der Waals surface area contributed by atoms with Crippen LogP contribution in [0.5, 0.6) is 5.75 Å². The maximum atomic E-state index is 11.7. The highest BCUT2D eigenvalue weighted by Crippen LogP contribution is 2.26. The van der Waals surface area contributed by atoms with Crippen LogP contribution in [0.1, 0.15) is 24.8 Å². The number of imide groups is 1. The van der Waals surface area contributed by atoms with E-state index >= 15 is 0 Å². The molecule has 2 amide bonds. The minimum absolute atomic E-state index is 0.0850. The second-order valence-electron chi connectivity index (χ2n) is 4.20. The quantitative estimate of drug-likeness (QED) is 0.806. The molecule has 0 N–H and O–H groups in total. The number of carbonyl (C=O) groups is 2. The van der Waals surface area contributed by atoms with Gasteiger partial charge in [-0.15, -0.1) is 0 Å². The molecule has 2 rings (SSSR count). The van der Waals surface area contributed by atoms with E-state index in [1.807, 2.05) is 18.2 Å². The van der Waals surface area contributed by atoms with E-state index in [9.17, 15) is 9.59 Å². The number of nitrogens with zero attached hydrogens (tertiary/aromatic N) is 1. The van der Waals surface area contributed by atoms with Gasteiger partial charge in [0.05, 0.1) is 18.1 Å². The molecular weight excluding hydrogens is 298 g/mol. The summed E-state index contributed by atoms with van der Waals surface area (Å²) in [5.41, 5.74) is 0.909. The van der Waals surface area contributed by atoms with E-state index in [4.69, 9.17) is 4.74 Å². The van der Waals surface area contributed by atoms with Gasteiger partial charge in [0.25, 0.3) is 0 Å². The summed E-state index contributed by atoms with van der Waals surface area (Å²) in [6.45, 7) is 0.334. The number of piperidine rings is 1. The number of benzene rings is 1. The topological polar surface area (TPSA) is 46.6 Å². The van der Waals surface area contributed by atoms with Crippen LogP contribution in [-0.4, -0.2) is 23.8 Å². The monoisotopic (exact) mass is 311 g/mol. The largest absolute Gasteiger partial charge is 0.496 e. The molecule has 0 bridgehead atoms. The molecule has 0 spiro atoms. The average molecular weight is 312 g/mol. The fourth-order valence-corrected chi connectivity index (χ4v) is 2.56. The summed E-state index contributed by atoms with van der Waals surface area (Å²) in [5.74, 6) is 0.562. The van der Waals surface area contributed by atoms with Crippen molar-refractivity contribution in [2.75, 3.05) is 7.11 Å². The van der Waals surface area contributed by atoms with Crippen LogP contribution in [0.25, 0.3) is 0 Å². The summed E-state index contributed by atoms with van der Waals surface area (Å²) in [4.78, 5) is 24.7. The zero-order valence-electron chi connectivity index (χ0n) is 10.1. The minimum atomic E-state index is -0.0850. The Morgan fingerprint density at radius 1 is 1.28 bits per heavy atom. The molecule has 0 aliphatic carbocycles. The fraction of sp³-hybridized carbons (Fsp3) is 0.385. The number of likely N-dealkylation sites (tertiary alicyclic amines) is 1. The Kier molecular flexibility index (Phi) is 4.01. The first kappa shape index (κ1) is 13.1. The van der Waals surface area contributed by atoms with Gasteiger partial charge in [-0.3, -0.25) is 14.5 Å². The van der Waals surface area contributed by atoms with E-state index in [-0.39, 0.29) is 11.8 Å². The van der Waals surface area contributed by atoms with Crippen LogP contribution in [0.3, 0.4) is 0 Å². The molecule has 0 radical (unpaired) electrons. The van der Waals surface area contributed by atoms with Crippen LogP contribution in [0, 0.1) is 0 Å². The third-order valence-corrected chi connectivity index (χ3v) is 3.56. The van der Waals surface area contributed by atoms with Crippen LogP contribution < -0.4 is 4.74 Å². The van der Waals surface area contributed by atoms with E-state index in [2.05, 4.69) is 15.9 Å². The lowest BCUT2D eigenvalue weighted by Gasteiger charge is -2.25. The molecule has 0 aromatic heterocycles. The summed E-state index contributed by atoms with van der Waals surface area (Å²) in [6, 6.07) is 5.55. The van der Waals surface area contributed by atoms with Crippen LogP contribution >= 0.6 is 15.9 Å².